The van der Waals surface area contributed by atoms with Crippen molar-refractivity contribution in [2.45, 2.75) is 73.3 Å². The fraction of sp³-hybridized carbons (Fsp3) is 0.327. The van der Waals surface area contributed by atoms with Crippen LogP contribution in [0.4, 0.5) is 14.5 Å². The number of halogens is 3. The van der Waals surface area contributed by atoms with Gasteiger partial charge in [-0.2, -0.15) is 0 Å². The third-order valence-corrected chi connectivity index (χ3v) is 13.2. The molecular weight excluding hydrogens is 820 g/mol. The topological polar surface area (TPSA) is 48.2 Å². The number of allylic oxidation sites excluding steroid dienone is 11. The fourth-order valence-electron chi connectivity index (χ4n) is 8.91. The Labute approximate surface area is 383 Å². The second kappa shape index (κ2) is 20.4. The molecule has 0 aromatic heterocycles. The van der Waals surface area contributed by atoms with E-state index in [1.807, 2.05) is 12.1 Å². The van der Waals surface area contributed by atoms with Crippen LogP contribution in [0.3, 0.4) is 0 Å². The van der Waals surface area contributed by atoms with Crippen LogP contribution < -0.4 is 4.90 Å². The minimum Gasteiger partial charge on any atom is -0.495 e. The van der Waals surface area contributed by atoms with Gasteiger partial charge in [-0.15, -0.1) is 0 Å². The molecule has 0 bridgehead atoms. The molecule has 3 aromatic carbocycles. The normalized spacial score (nSPS) is 20.1. The first-order chi connectivity index (χ1) is 30.8. The Bertz CT molecular complexity index is 2530. The van der Waals surface area contributed by atoms with Crippen molar-refractivity contribution in [2.24, 2.45) is 17.3 Å². The molecule has 3 aromatic rings. The van der Waals surface area contributed by atoms with Gasteiger partial charge in [0.15, 0.2) is 5.60 Å². The first kappa shape index (κ1) is 47.1. The van der Waals surface area contributed by atoms with Crippen molar-refractivity contribution >= 4 is 22.9 Å². The summed E-state index contributed by atoms with van der Waals surface area (Å²) in [4.78, 5) is 12.0. The maximum atomic E-state index is 14.5. The van der Waals surface area contributed by atoms with E-state index in [0.29, 0.717) is 28.2 Å². The highest BCUT2D eigenvalue weighted by Gasteiger charge is 2.49. The van der Waals surface area contributed by atoms with Gasteiger partial charge < -0.3 is 14.5 Å². The summed E-state index contributed by atoms with van der Waals surface area (Å²) in [6, 6.07) is 22.0. The zero-order valence-corrected chi connectivity index (χ0v) is 38.6. The van der Waals surface area contributed by atoms with Crippen LogP contribution in [0.25, 0.3) is 15.3 Å². The molecule has 0 spiro atoms. The van der Waals surface area contributed by atoms with E-state index in [-0.39, 0.29) is 28.7 Å². The number of nitriles is 1. The van der Waals surface area contributed by atoms with Gasteiger partial charge in [-0.25, -0.2) is 23.7 Å². The Morgan fingerprint density at radius 1 is 0.875 bits per heavy atom. The average Bonchev–Trinajstić information content (AvgIpc) is 3.63. The molecule has 6 rings (SSSR count). The predicted octanol–water partition coefficient (Wildman–Crippen LogP) is 14.2. The van der Waals surface area contributed by atoms with Crippen molar-refractivity contribution in [3.8, 4) is 6.07 Å². The number of benzene rings is 3. The Kier molecular flexibility index (Phi) is 15.0. The van der Waals surface area contributed by atoms with Crippen LogP contribution in [-0.2, 0) is 10.3 Å². The van der Waals surface area contributed by atoms with E-state index >= 15 is 0 Å². The number of rotatable bonds is 13. The molecule has 0 N–H and O–H groups in total. The molecule has 2 unspecified atom stereocenters. The lowest BCUT2D eigenvalue weighted by atomic mass is 9.70. The van der Waals surface area contributed by atoms with Crippen LogP contribution in [0.5, 0.6) is 0 Å². The van der Waals surface area contributed by atoms with E-state index in [1.54, 1.807) is 6.08 Å². The molecule has 0 saturated heterocycles. The third kappa shape index (κ3) is 9.72. The Morgan fingerprint density at radius 3 is 1.95 bits per heavy atom. The van der Waals surface area contributed by atoms with E-state index in [2.05, 4.69) is 123 Å². The number of hydrogen-bond acceptors (Lipinski definition) is 4. The van der Waals surface area contributed by atoms with Gasteiger partial charge in [-0.1, -0.05) is 105 Å². The van der Waals surface area contributed by atoms with Gasteiger partial charge >= 0.3 is 0 Å². The van der Waals surface area contributed by atoms with Gasteiger partial charge in [0.25, 0.3) is 5.70 Å². The molecule has 0 amide bonds. The van der Waals surface area contributed by atoms with E-state index in [1.165, 1.54) is 65.5 Å². The molecule has 6 nitrogen and oxygen atoms in total. The first-order valence-corrected chi connectivity index (χ1v) is 22.5. The van der Waals surface area contributed by atoms with Crippen molar-refractivity contribution < 1.29 is 13.5 Å². The summed E-state index contributed by atoms with van der Waals surface area (Å²) >= 11 is 7.49. The molecular formula is C55H56ClF2N5O. The summed E-state index contributed by atoms with van der Waals surface area (Å²) in [7, 11) is 0. The van der Waals surface area contributed by atoms with Crippen molar-refractivity contribution in [3.05, 3.63) is 211 Å². The van der Waals surface area contributed by atoms with Crippen molar-refractivity contribution in [2.75, 3.05) is 31.1 Å². The monoisotopic (exact) mass is 875 g/mol. The third-order valence-electron chi connectivity index (χ3n) is 12.7. The summed E-state index contributed by atoms with van der Waals surface area (Å²) in [5.74, 6) is -0.841. The maximum Gasteiger partial charge on any atom is 0.292 e. The molecule has 328 valence electrons. The van der Waals surface area contributed by atoms with Crippen LogP contribution in [0, 0.1) is 53.4 Å². The number of hydrogen-bond donors (Lipinski definition) is 0. The summed E-state index contributed by atoms with van der Waals surface area (Å²) in [6.45, 7) is 35.3. The van der Waals surface area contributed by atoms with Crippen LogP contribution in [0.2, 0.25) is 0 Å². The lowest BCUT2D eigenvalue weighted by molar-refractivity contribution is 0.0955. The van der Waals surface area contributed by atoms with Crippen LogP contribution >= 0.6 is 11.6 Å². The smallest absolute Gasteiger partial charge is 0.292 e. The van der Waals surface area contributed by atoms with Gasteiger partial charge in [-0.05, 0) is 123 Å². The quantitative estimate of drug-likeness (QED) is 0.127. The Hall–Kier alpha value is -6.40. The number of likely N-dealkylation sites (N-methyl/N-ethyl adjacent to an activating group) is 1. The zero-order valence-electron chi connectivity index (χ0n) is 37.9. The second-order valence-corrected chi connectivity index (χ2v) is 17.6. The summed E-state index contributed by atoms with van der Waals surface area (Å²) in [5, 5.41) is 10.6. The maximum absolute atomic E-state index is 14.5. The van der Waals surface area contributed by atoms with Crippen molar-refractivity contribution in [1.82, 2.24) is 4.90 Å². The molecule has 0 radical (unpaired) electrons. The van der Waals surface area contributed by atoms with E-state index in [9.17, 15) is 14.0 Å². The van der Waals surface area contributed by atoms with Gasteiger partial charge in [0.05, 0.1) is 19.2 Å². The van der Waals surface area contributed by atoms with E-state index in [4.69, 9.17) is 29.5 Å². The summed E-state index contributed by atoms with van der Waals surface area (Å²) in [5.41, 5.74) is 5.54. The Morgan fingerprint density at radius 2 is 1.47 bits per heavy atom. The molecule has 0 fully saturated rings. The second-order valence-electron chi connectivity index (χ2n) is 17.3. The molecule has 3 aliphatic rings. The number of nitrogens with zero attached hydrogens (tertiary/aromatic N) is 5. The first-order valence-electron chi connectivity index (χ1n) is 22.1. The summed E-state index contributed by atoms with van der Waals surface area (Å²) in [6.07, 6.45) is 17.2. The molecule has 2 atom stereocenters. The highest BCUT2D eigenvalue weighted by Crippen LogP contribution is 2.53. The fourth-order valence-corrected chi connectivity index (χ4v) is 9.19. The largest absolute Gasteiger partial charge is 0.495 e. The van der Waals surface area contributed by atoms with Crippen molar-refractivity contribution in [1.29, 1.82) is 5.26 Å². The standard InChI is InChI=1S/C55H56ClF2N5O/c1-10-62(11-2)46-28-14-37(15-29-46)48(38-16-30-47(31-17-38)63(12-3)13-4)32-18-39-34-43(54(5,6)7)35-40(51(39)56)19-33-49-52(61-9)53(50(36-59)60-8)64-55(49,41-20-24-44(57)25-21-41)42-22-26-45(58)27-23-42/h14-16,18-33,38,43H,10-13,17,34-35H2,1-7H3/b33-19+,39-18+,48-32-,53-50+. The van der Waals surface area contributed by atoms with Crippen LogP contribution in [0.1, 0.15) is 84.4 Å². The van der Waals surface area contributed by atoms with Gasteiger partial charge in [0.1, 0.15) is 17.4 Å². The molecule has 0 saturated carbocycles. The van der Waals surface area contributed by atoms with E-state index in [0.717, 1.165) is 55.7 Å². The summed E-state index contributed by atoms with van der Waals surface area (Å²) < 4.78 is 35.6. The highest BCUT2D eigenvalue weighted by atomic mass is 35.5. The predicted molar refractivity (Wildman–Crippen MR) is 256 cm³/mol. The average molecular weight is 877 g/mol. The lowest BCUT2D eigenvalue weighted by Gasteiger charge is -2.36. The van der Waals surface area contributed by atoms with Gasteiger partial charge in [-0.3, -0.25) is 0 Å². The molecule has 1 aliphatic heterocycles. The van der Waals surface area contributed by atoms with Crippen LogP contribution in [0.15, 0.2) is 160 Å². The molecule has 2 aliphatic carbocycles. The minimum absolute atomic E-state index is 0.0496. The molecule has 1 heterocycles. The Balaban J connectivity index is 1.53. The number of anilines is 1. The van der Waals surface area contributed by atoms with Gasteiger partial charge in [0, 0.05) is 65.2 Å². The number of ether oxygens (including phenoxy) is 1. The minimum atomic E-state index is -1.64. The highest BCUT2D eigenvalue weighted by molar-refractivity contribution is 6.32. The van der Waals surface area contributed by atoms with E-state index < -0.39 is 22.9 Å². The van der Waals surface area contributed by atoms with Crippen molar-refractivity contribution in [3.63, 3.8) is 0 Å². The SMILES string of the molecule is [C-]#[N+]C1=C(/C=C/C2=C(Cl)C(=C/C=C(/c3ccc(N(CC)CC)cc3)C3C=CC(N(CC)CC)=CC3)/CC(C(C)(C)C)C2)C(c2ccc(F)cc2)(c2ccc(F)cc2)O/C1=C(\C#N)[N+]#[C-]. The molecule has 9 heteroatoms. The molecule has 64 heavy (non-hydrogen) atoms. The van der Waals surface area contributed by atoms with Gasteiger partial charge in [0.2, 0.25) is 5.70 Å². The zero-order chi connectivity index (χ0) is 46.2. The lowest BCUT2D eigenvalue weighted by Crippen LogP contribution is -2.29. The van der Waals surface area contributed by atoms with Crippen LogP contribution in [-0.4, -0.2) is 31.1 Å².